The molecule has 2 aliphatic rings. The van der Waals surface area contributed by atoms with Crippen molar-refractivity contribution >= 4 is 11.8 Å². The highest BCUT2D eigenvalue weighted by molar-refractivity contribution is 6.12. The average Bonchev–Trinajstić information content (AvgIpc) is 2.48. The normalized spacial score (nSPS) is 25.5. The third kappa shape index (κ3) is 2.03. The monoisotopic (exact) mass is 208 g/mol. The number of likely N-dealkylation sites (N-methyl/N-ethyl adjacent to an activating group) is 1. The van der Waals surface area contributed by atoms with Crippen molar-refractivity contribution in [3.05, 3.63) is 11.8 Å². The zero-order valence-electron chi connectivity index (χ0n) is 9.03. The van der Waals surface area contributed by atoms with Crippen molar-refractivity contribution in [2.45, 2.75) is 25.7 Å². The summed E-state index contributed by atoms with van der Waals surface area (Å²) in [5.74, 6) is -0.228. The Balaban J connectivity index is 2.07. The summed E-state index contributed by atoms with van der Waals surface area (Å²) < 4.78 is 0. The Bertz CT molecular complexity index is 317. The van der Waals surface area contributed by atoms with Gasteiger partial charge in [0, 0.05) is 31.9 Å². The highest BCUT2D eigenvalue weighted by Gasteiger charge is 2.31. The van der Waals surface area contributed by atoms with Crippen molar-refractivity contribution in [1.29, 1.82) is 0 Å². The van der Waals surface area contributed by atoms with E-state index in [1.165, 1.54) is 24.2 Å². The van der Waals surface area contributed by atoms with Crippen molar-refractivity contribution in [3.8, 4) is 0 Å². The van der Waals surface area contributed by atoms with Gasteiger partial charge in [0.25, 0.3) is 5.91 Å². The van der Waals surface area contributed by atoms with Crippen LogP contribution >= 0.6 is 0 Å². The number of rotatable bonds is 1. The van der Waals surface area contributed by atoms with E-state index < -0.39 is 0 Å². The second-order valence-corrected chi connectivity index (χ2v) is 4.19. The van der Waals surface area contributed by atoms with E-state index in [-0.39, 0.29) is 18.2 Å². The minimum atomic E-state index is -0.134. The lowest BCUT2D eigenvalue weighted by atomic mass is 10.1. The minimum Gasteiger partial charge on any atom is -0.377 e. The van der Waals surface area contributed by atoms with Crippen LogP contribution in [0.2, 0.25) is 0 Å². The standard InChI is InChI=1S/C11H16N2O2/c1-12-10(14)7-9(11(12)15)8-13-5-3-2-4-6-13/h8H,2-7H2,1H3/b9-8+. The predicted molar refractivity (Wildman–Crippen MR) is 55.9 cm³/mol. The van der Waals surface area contributed by atoms with Gasteiger partial charge in [0.15, 0.2) is 0 Å². The third-order valence-electron chi connectivity index (χ3n) is 3.02. The maximum absolute atomic E-state index is 11.6. The summed E-state index contributed by atoms with van der Waals surface area (Å²) in [6.07, 6.45) is 5.78. The molecule has 2 saturated heterocycles. The second-order valence-electron chi connectivity index (χ2n) is 4.19. The lowest BCUT2D eigenvalue weighted by molar-refractivity contribution is -0.135. The average molecular weight is 208 g/mol. The van der Waals surface area contributed by atoms with Gasteiger partial charge in [0.05, 0.1) is 6.42 Å². The molecule has 0 unspecified atom stereocenters. The van der Waals surface area contributed by atoms with Crippen LogP contribution in [-0.4, -0.2) is 41.8 Å². The van der Waals surface area contributed by atoms with Crippen molar-refractivity contribution in [2.75, 3.05) is 20.1 Å². The molecule has 2 rings (SSSR count). The Kier molecular flexibility index (Phi) is 2.75. The summed E-state index contributed by atoms with van der Waals surface area (Å²) in [5, 5.41) is 0. The van der Waals surface area contributed by atoms with E-state index in [1.807, 2.05) is 6.20 Å². The van der Waals surface area contributed by atoms with Gasteiger partial charge >= 0.3 is 0 Å². The van der Waals surface area contributed by atoms with Gasteiger partial charge in [-0.25, -0.2) is 0 Å². The summed E-state index contributed by atoms with van der Waals surface area (Å²) in [4.78, 5) is 26.2. The molecule has 0 radical (unpaired) electrons. The fraction of sp³-hybridized carbons (Fsp3) is 0.636. The Hall–Kier alpha value is -1.32. The zero-order valence-corrected chi connectivity index (χ0v) is 9.03. The molecule has 4 nitrogen and oxygen atoms in total. The van der Waals surface area contributed by atoms with E-state index in [9.17, 15) is 9.59 Å². The summed E-state index contributed by atoms with van der Waals surface area (Å²) >= 11 is 0. The summed E-state index contributed by atoms with van der Waals surface area (Å²) in [6, 6.07) is 0. The number of likely N-dealkylation sites (tertiary alicyclic amines) is 2. The largest absolute Gasteiger partial charge is 0.377 e. The quantitative estimate of drug-likeness (QED) is 0.471. The molecular weight excluding hydrogens is 192 g/mol. The molecule has 0 N–H and O–H groups in total. The first-order valence-electron chi connectivity index (χ1n) is 5.44. The van der Waals surface area contributed by atoms with E-state index in [4.69, 9.17) is 0 Å². The van der Waals surface area contributed by atoms with E-state index in [0.29, 0.717) is 5.57 Å². The fourth-order valence-electron chi connectivity index (χ4n) is 2.05. The van der Waals surface area contributed by atoms with Gasteiger partial charge < -0.3 is 4.90 Å². The van der Waals surface area contributed by atoms with Crippen LogP contribution in [0.15, 0.2) is 11.8 Å². The maximum Gasteiger partial charge on any atom is 0.258 e. The van der Waals surface area contributed by atoms with Crippen LogP contribution < -0.4 is 0 Å². The fourth-order valence-corrected chi connectivity index (χ4v) is 2.05. The Morgan fingerprint density at radius 1 is 1.13 bits per heavy atom. The number of amides is 2. The summed E-state index contributed by atoms with van der Waals surface area (Å²) in [7, 11) is 1.54. The highest BCUT2D eigenvalue weighted by atomic mass is 16.2. The molecule has 0 spiro atoms. The molecule has 4 heteroatoms. The van der Waals surface area contributed by atoms with Crippen molar-refractivity contribution < 1.29 is 9.59 Å². The molecule has 82 valence electrons. The van der Waals surface area contributed by atoms with Gasteiger partial charge in [0.2, 0.25) is 5.91 Å². The van der Waals surface area contributed by atoms with E-state index in [1.54, 1.807) is 7.05 Å². The van der Waals surface area contributed by atoms with Crippen LogP contribution in [-0.2, 0) is 9.59 Å². The van der Waals surface area contributed by atoms with Gasteiger partial charge in [-0.15, -0.1) is 0 Å². The van der Waals surface area contributed by atoms with Crippen LogP contribution in [0.5, 0.6) is 0 Å². The third-order valence-corrected chi connectivity index (χ3v) is 3.02. The van der Waals surface area contributed by atoms with Gasteiger partial charge in [-0.2, -0.15) is 0 Å². The van der Waals surface area contributed by atoms with Crippen LogP contribution in [0.4, 0.5) is 0 Å². The Morgan fingerprint density at radius 2 is 1.80 bits per heavy atom. The molecule has 2 aliphatic heterocycles. The number of hydrogen-bond acceptors (Lipinski definition) is 3. The number of carbonyl (C=O) groups excluding carboxylic acids is 2. The van der Waals surface area contributed by atoms with E-state index in [0.717, 1.165) is 13.1 Å². The molecule has 0 atom stereocenters. The Labute approximate surface area is 89.5 Å². The first kappa shape index (κ1) is 10.2. The molecule has 2 fully saturated rings. The number of hydrogen-bond donors (Lipinski definition) is 0. The molecule has 0 aromatic rings. The molecule has 2 amide bonds. The summed E-state index contributed by atoms with van der Waals surface area (Å²) in [6.45, 7) is 2.02. The second kappa shape index (κ2) is 4.04. The highest BCUT2D eigenvalue weighted by Crippen LogP contribution is 2.19. The number of carbonyl (C=O) groups is 2. The van der Waals surface area contributed by atoms with Crippen LogP contribution in [0.25, 0.3) is 0 Å². The lowest BCUT2D eigenvalue weighted by Crippen LogP contribution is -2.27. The topological polar surface area (TPSA) is 40.6 Å². The first-order valence-corrected chi connectivity index (χ1v) is 5.44. The smallest absolute Gasteiger partial charge is 0.258 e. The van der Waals surface area contributed by atoms with Crippen LogP contribution in [0, 0.1) is 0 Å². The first-order chi connectivity index (χ1) is 7.18. The zero-order chi connectivity index (χ0) is 10.8. The maximum atomic E-state index is 11.6. The number of imide groups is 1. The lowest BCUT2D eigenvalue weighted by Gasteiger charge is -2.25. The van der Waals surface area contributed by atoms with Gasteiger partial charge in [0.1, 0.15) is 0 Å². The van der Waals surface area contributed by atoms with Crippen LogP contribution in [0.1, 0.15) is 25.7 Å². The van der Waals surface area contributed by atoms with Crippen molar-refractivity contribution in [3.63, 3.8) is 0 Å². The molecule has 0 aromatic heterocycles. The SMILES string of the molecule is CN1C(=O)C/C(=C\N2CCCCC2)C1=O. The van der Waals surface area contributed by atoms with E-state index >= 15 is 0 Å². The van der Waals surface area contributed by atoms with E-state index in [2.05, 4.69) is 4.90 Å². The molecule has 2 heterocycles. The predicted octanol–water partition coefficient (Wildman–Crippen LogP) is 0.745. The number of nitrogens with zero attached hydrogens (tertiary/aromatic N) is 2. The van der Waals surface area contributed by atoms with Gasteiger partial charge in [-0.1, -0.05) is 0 Å². The molecule has 0 aliphatic carbocycles. The molecule has 0 bridgehead atoms. The Morgan fingerprint density at radius 3 is 2.33 bits per heavy atom. The summed E-state index contributed by atoms with van der Waals surface area (Å²) in [5.41, 5.74) is 0.643. The van der Waals surface area contributed by atoms with Crippen molar-refractivity contribution in [1.82, 2.24) is 9.80 Å². The number of piperidine rings is 1. The van der Waals surface area contributed by atoms with Gasteiger partial charge in [-0.05, 0) is 19.3 Å². The minimum absolute atomic E-state index is 0.0942. The molecule has 15 heavy (non-hydrogen) atoms. The van der Waals surface area contributed by atoms with Gasteiger partial charge in [-0.3, -0.25) is 14.5 Å². The van der Waals surface area contributed by atoms with Crippen LogP contribution in [0.3, 0.4) is 0 Å². The molecular formula is C11H16N2O2. The molecule has 0 aromatic carbocycles. The molecule has 0 saturated carbocycles. The van der Waals surface area contributed by atoms with Crippen molar-refractivity contribution in [2.24, 2.45) is 0 Å².